The van der Waals surface area contributed by atoms with Crippen LogP contribution in [-0.4, -0.2) is 24.0 Å². The third-order valence-corrected chi connectivity index (χ3v) is 9.40. The minimum Gasteiger partial charge on any atom is -0.497 e. The van der Waals surface area contributed by atoms with E-state index >= 15 is 0 Å². The molecular weight excluding hydrogens is 570 g/mol. The topological polar surface area (TPSA) is 84.0 Å². The van der Waals surface area contributed by atoms with Crippen LogP contribution in [0.15, 0.2) is 119 Å². The Bertz CT molecular complexity index is 1860. The normalized spacial score (nSPS) is 16.1. The van der Waals surface area contributed by atoms with Gasteiger partial charge in [-0.25, -0.2) is 14.6 Å². The number of aromatic nitrogens is 1. The van der Waals surface area contributed by atoms with Crippen LogP contribution in [0.2, 0.25) is 0 Å². The van der Waals surface area contributed by atoms with Crippen LogP contribution in [0.25, 0.3) is 0 Å². The summed E-state index contributed by atoms with van der Waals surface area (Å²) in [4.78, 5) is 31.5. The average molecular weight is 592 g/mol. The van der Waals surface area contributed by atoms with Gasteiger partial charge in [-0.15, -0.1) is 0 Å². The van der Waals surface area contributed by atoms with Gasteiger partial charge in [0.05, 0.1) is 18.2 Å². The van der Waals surface area contributed by atoms with Crippen molar-refractivity contribution < 1.29 is 28.5 Å². The molecule has 2 aliphatic rings. The molecule has 0 N–H and O–H groups in total. The van der Waals surface area contributed by atoms with Crippen LogP contribution >= 0.6 is 21.6 Å². The van der Waals surface area contributed by atoms with Crippen molar-refractivity contribution in [3.63, 3.8) is 0 Å². The fraction of sp³-hybridized carbons (Fsp3) is 0.0606. The molecule has 1 aromatic heterocycles. The number of pyridine rings is 1. The number of rotatable bonds is 6. The average Bonchev–Trinajstić information content (AvgIpc) is 3.32. The summed E-state index contributed by atoms with van der Waals surface area (Å²) in [5, 5.41) is 0.831. The maximum absolute atomic E-state index is 13.4. The van der Waals surface area contributed by atoms with E-state index in [0.717, 1.165) is 9.92 Å². The number of carbonyl (C=O) groups is 2. The highest BCUT2D eigenvalue weighted by Gasteiger charge is 2.53. The molecule has 1 atom stereocenters. The molecular formula is C33H21NO6S2. The summed E-state index contributed by atoms with van der Waals surface area (Å²) in [5.74, 6) is 0.820. The lowest BCUT2D eigenvalue weighted by molar-refractivity contribution is 0.0224. The quantitative estimate of drug-likeness (QED) is 0.112. The van der Waals surface area contributed by atoms with Crippen molar-refractivity contribution in [2.75, 3.05) is 7.11 Å². The van der Waals surface area contributed by atoms with Gasteiger partial charge in [-0.1, -0.05) is 47.2 Å². The summed E-state index contributed by atoms with van der Waals surface area (Å²) < 4.78 is 23.8. The largest absolute Gasteiger partial charge is 0.497 e. The molecule has 0 radical (unpaired) electrons. The first kappa shape index (κ1) is 26.2. The van der Waals surface area contributed by atoms with Crippen molar-refractivity contribution in [2.24, 2.45) is 0 Å². The van der Waals surface area contributed by atoms with Gasteiger partial charge >= 0.3 is 11.9 Å². The maximum Gasteiger partial charge on any atom is 0.344 e. The number of hydrogen-bond acceptors (Lipinski definition) is 9. The molecule has 42 heavy (non-hydrogen) atoms. The van der Waals surface area contributed by atoms with Crippen molar-refractivity contribution in [1.29, 1.82) is 0 Å². The fourth-order valence-corrected chi connectivity index (χ4v) is 7.23. The standard InChI is InChI=1S/C33H21NO6S2/c1-37-20-13-15-25-27(18-20)39-28-19-21(14-16-26(28)33(25)24-10-4-2-8-22(24)32(36)40-33)38-31(35)23-9-3-5-11-29(23)41-42-30-12-6-7-17-34-30/h2-19H,1H3. The number of nitrogens with zero attached hydrogens (tertiary/aromatic N) is 1. The Morgan fingerprint density at radius 2 is 1.50 bits per heavy atom. The van der Waals surface area contributed by atoms with E-state index in [1.165, 1.54) is 21.6 Å². The lowest BCUT2D eigenvalue weighted by Gasteiger charge is -2.36. The summed E-state index contributed by atoms with van der Waals surface area (Å²) >= 11 is 0. The Balaban J connectivity index is 1.24. The number of methoxy groups -OCH3 is 1. The van der Waals surface area contributed by atoms with Crippen LogP contribution in [-0.2, 0) is 10.3 Å². The molecule has 2 aliphatic heterocycles. The first-order chi connectivity index (χ1) is 20.6. The highest BCUT2D eigenvalue weighted by Crippen LogP contribution is 2.57. The zero-order valence-corrected chi connectivity index (χ0v) is 23.7. The third kappa shape index (κ3) is 4.38. The number of ether oxygens (including phenoxy) is 4. The monoisotopic (exact) mass is 591 g/mol. The fourth-order valence-electron chi connectivity index (χ4n) is 5.18. The molecule has 4 aromatic carbocycles. The van der Waals surface area contributed by atoms with Gasteiger partial charge in [0.15, 0.2) is 5.60 Å². The number of esters is 2. The lowest BCUT2D eigenvalue weighted by Crippen LogP contribution is -2.33. The molecule has 9 heteroatoms. The molecule has 0 aliphatic carbocycles. The van der Waals surface area contributed by atoms with Gasteiger partial charge in [0.1, 0.15) is 28.0 Å². The van der Waals surface area contributed by atoms with Crippen molar-refractivity contribution in [3.05, 3.63) is 137 Å². The Labute approximate surface area is 249 Å². The van der Waals surface area contributed by atoms with Crippen LogP contribution < -0.4 is 14.2 Å². The number of fused-ring (bicyclic) bond motifs is 6. The van der Waals surface area contributed by atoms with Crippen molar-refractivity contribution in [3.8, 4) is 23.0 Å². The molecule has 1 unspecified atom stereocenters. The van der Waals surface area contributed by atoms with Crippen molar-refractivity contribution in [2.45, 2.75) is 15.5 Å². The van der Waals surface area contributed by atoms with Crippen molar-refractivity contribution in [1.82, 2.24) is 4.98 Å². The molecule has 1 spiro atoms. The second-order valence-corrected chi connectivity index (χ2v) is 11.7. The van der Waals surface area contributed by atoms with Gasteiger partial charge in [-0.05, 0) is 65.4 Å². The van der Waals surface area contributed by atoms with E-state index in [0.29, 0.717) is 45.1 Å². The number of benzene rings is 4. The minimum absolute atomic E-state index is 0.287. The van der Waals surface area contributed by atoms with Crippen molar-refractivity contribution >= 4 is 33.5 Å². The highest BCUT2D eigenvalue weighted by atomic mass is 33.1. The predicted octanol–water partition coefficient (Wildman–Crippen LogP) is 7.68. The van der Waals surface area contributed by atoms with E-state index in [-0.39, 0.29) is 5.75 Å². The number of hydrogen-bond donors (Lipinski definition) is 0. The predicted molar refractivity (Wildman–Crippen MR) is 159 cm³/mol. The second kappa shape index (κ2) is 10.6. The first-order valence-corrected chi connectivity index (χ1v) is 15.1. The Morgan fingerprint density at radius 3 is 2.29 bits per heavy atom. The van der Waals surface area contributed by atoms with E-state index in [1.54, 1.807) is 61.8 Å². The summed E-state index contributed by atoms with van der Waals surface area (Å²) in [6, 6.07) is 30.8. The Kier molecular flexibility index (Phi) is 6.60. The van der Waals surface area contributed by atoms with E-state index in [1.807, 2.05) is 54.6 Å². The molecule has 3 heterocycles. The van der Waals surface area contributed by atoms with Crippen LogP contribution in [0, 0.1) is 0 Å². The van der Waals surface area contributed by atoms with E-state index in [4.69, 9.17) is 18.9 Å². The molecule has 0 bridgehead atoms. The second-order valence-electron chi connectivity index (χ2n) is 9.46. The molecule has 0 amide bonds. The molecule has 5 aromatic rings. The molecule has 7 rings (SSSR count). The van der Waals surface area contributed by atoms with E-state index < -0.39 is 17.5 Å². The molecule has 0 saturated heterocycles. The molecule has 0 saturated carbocycles. The Morgan fingerprint density at radius 1 is 0.786 bits per heavy atom. The summed E-state index contributed by atoms with van der Waals surface area (Å²) in [7, 11) is 4.46. The van der Waals surface area contributed by atoms with Crippen LogP contribution in [0.4, 0.5) is 0 Å². The molecule has 0 fully saturated rings. The minimum atomic E-state index is -1.22. The summed E-state index contributed by atoms with van der Waals surface area (Å²) in [5.41, 5.74) is 1.70. The van der Waals surface area contributed by atoms with Gasteiger partial charge < -0.3 is 18.9 Å². The first-order valence-electron chi connectivity index (χ1n) is 13.0. The van der Waals surface area contributed by atoms with Gasteiger partial charge in [0.2, 0.25) is 0 Å². The lowest BCUT2D eigenvalue weighted by atomic mass is 9.77. The van der Waals surface area contributed by atoms with Gasteiger partial charge in [0, 0.05) is 39.9 Å². The third-order valence-electron chi connectivity index (χ3n) is 7.06. The summed E-state index contributed by atoms with van der Waals surface area (Å²) in [6.45, 7) is 0. The van der Waals surface area contributed by atoms with E-state index in [9.17, 15) is 9.59 Å². The molecule has 7 nitrogen and oxygen atoms in total. The number of carbonyl (C=O) groups excluding carboxylic acids is 2. The maximum atomic E-state index is 13.4. The van der Waals surface area contributed by atoms with Crippen LogP contribution in [0.5, 0.6) is 23.0 Å². The zero-order valence-electron chi connectivity index (χ0n) is 22.1. The Hall–Kier alpha value is -4.73. The smallest absolute Gasteiger partial charge is 0.344 e. The van der Waals surface area contributed by atoms with Crippen LogP contribution in [0.1, 0.15) is 37.4 Å². The highest BCUT2D eigenvalue weighted by molar-refractivity contribution is 8.76. The SMILES string of the molecule is COc1ccc2c(c1)Oc1cc(OC(=O)c3ccccc3SSc3ccccn3)ccc1C21OC(=O)c2ccccc21. The van der Waals surface area contributed by atoms with Gasteiger partial charge in [0.25, 0.3) is 0 Å². The van der Waals surface area contributed by atoms with Crippen LogP contribution in [0.3, 0.4) is 0 Å². The van der Waals surface area contributed by atoms with E-state index in [2.05, 4.69) is 4.98 Å². The van der Waals surface area contributed by atoms with Gasteiger partial charge in [-0.2, -0.15) is 0 Å². The zero-order chi connectivity index (χ0) is 28.7. The summed E-state index contributed by atoms with van der Waals surface area (Å²) in [6.07, 6.45) is 1.73. The molecule has 206 valence electrons. The van der Waals surface area contributed by atoms with Gasteiger partial charge in [-0.3, -0.25) is 0 Å².